The lowest BCUT2D eigenvalue weighted by molar-refractivity contribution is 0.133. The molecule has 90 valence electrons. The van der Waals surface area contributed by atoms with Crippen molar-refractivity contribution in [3.8, 4) is 0 Å². The van der Waals surface area contributed by atoms with E-state index in [9.17, 15) is 0 Å². The fourth-order valence-electron chi connectivity index (χ4n) is 2.52. The number of likely N-dealkylation sites (tertiary alicyclic amines) is 1. The number of rotatable bonds is 4. The van der Waals surface area contributed by atoms with Crippen molar-refractivity contribution in [1.82, 2.24) is 9.88 Å². The fourth-order valence-corrected chi connectivity index (χ4v) is 3.23. The Hall–Kier alpha value is -0.610. The van der Waals surface area contributed by atoms with E-state index in [2.05, 4.69) is 16.8 Å². The Morgan fingerprint density at radius 1 is 1.56 bits per heavy atom. The number of piperidine rings is 1. The molecule has 0 aromatic carbocycles. The second kappa shape index (κ2) is 5.64. The number of aromatic nitrogens is 1. The van der Waals surface area contributed by atoms with E-state index in [4.69, 9.17) is 5.73 Å². The maximum Gasteiger partial charge on any atom is 0.180 e. The van der Waals surface area contributed by atoms with Gasteiger partial charge in [0, 0.05) is 23.7 Å². The van der Waals surface area contributed by atoms with E-state index in [0.29, 0.717) is 5.13 Å². The van der Waals surface area contributed by atoms with Gasteiger partial charge in [-0.15, -0.1) is 11.3 Å². The smallest absolute Gasteiger partial charge is 0.180 e. The fraction of sp³-hybridized carbons (Fsp3) is 0.750. The minimum absolute atomic E-state index is 0.694. The first-order chi connectivity index (χ1) is 7.79. The molecule has 0 radical (unpaired) electrons. The number of hydrogen-bond donors (Lipinski definition) is 1. The van der Waals surface area contributed by atoms with Crippen LogP contribution in [-0.4, -0.2) is 22.5 Å². The van der Waals surface area contributed by atoms with Gasteiger partial charge in [0.25, 0.3) is 0 Å². The van der Waals surface area contributed by atoms with Crippen LogP contribution in [0.4, 0.5) is 5.13 Å². The quantitative estimate of drug-likeness (QED) is 0.878. The largest absolute Gasteiger partial charge is 0.375 e. The number of nitrogens with two attached hydrogens (primary N) is 1. The lowest BCUT2D eigenvalue weighted by Gasteiger charge is -2.35. The number of nitrogen functional groups attached to an aromatic ring is 1. The van der Waals surface area contributed by atoms with Crippen molar-refractivity contribution < 1.29 is 0 Å². The molecule has 0 amide bonds. The first kappa shape index (κ1) is 11.9. The summed E-state index contributed by atoms with van der Waals surface area (Å²) in [6.07, 6.45) is 8.64. The molecule has 16 heavy (non-hydrogen) atoms. The van der Waals surface area contributed by atoms with E-state index in [1.165, 1.54) is 43.5 Å². The molecule has 2 rings (SSSR count). The third-order valence-corrected chi connectivity index (χ3v) is 4.11. The number of thiazole rings is 1. The molecule has 1 unspecified atom stereocenters. The second-order valence-corrected chi connectivity index (χ2v) is 5.72. The molecular formula is C12H21N3S. The van der Waals surface area contributed by atoms with Gasteiger partial charge in [0.2, 0.25) is 0 Å². The van der Waals surface area contributed by atoms with Crippen molar-refractivity contribution in [2.75, 3.05) is 12.3 Å². The third-order valence-electron chi connectivity index (χ3n) is 3.30. The van der Waals surface area contributed by atoms with E-state index in [1.54, 1.807) is 11.3 Å². The summed E-state index contributed by atoms with van der Waals surface area (Å²) in [6.45, 7) is 4.56. The van der Waals surface area contributed by atoms with Gasteiger partial charge in [-0.3, -0.25) is 4.90 Å². The minimum Gasteiger partial charge on any atom is -0.375 e. The molecule has 0 saturated carbocycles. The monoisotopic (exact) mass is 239 g/mol. The Morgan fingerprint density at radius 3 is 3.12 bits per heavy atom. The Balaban J connectivity index is 1.95. The Morgan fingerprint density at radius 2 is 2.44 bits per heavy atom. The van der Waals surface area contributed by atoms with Crippen LogP contribution >= 0.6 is 11.3 Å². The highest BCUT2D eigenvalue weighted by molar-refractivity contribution is 7.15. The molecule has 1 aromatic heterocycles. The van der Waals surface area contributed by atoms with Crippen LogP contribution < -0.4 is 5.73 Å². The average molecular weight is 239 g/mol. The first-order valence-electron chi connectivity index (χ1n) is 6.24. The van der Waals surface area contributed by atoms with Crippen molar-refractivity contribution in [3.63, 3.8) is 0 Å². The summed E-state index contributed by atoms with van der Waals surface area (Å²) >= 11 is 1.63. The van der Waals surface area contributed by atoms with Gasteiger partial charge < -0.3 is 5.73 Å². The Bertz CT molecular complexity index is 322. The molecule has 1 aliphatic rings. The molecule has 0 bridgehead atoms. The van der Waals surface area contributed by atoms with Gasteiger partial charge in [0.15, 0.2) is 5.13 Å². The minimum atomic E-state index is 0.694. The van der Waals surface area contributed by atoms with Gasteiger partial charge in [-0.1, -0.05) is 19.8 Å². The van der Waals surface area contributed by atoms with Crippen LogP contribution in [0, 0.1) is 0 Å². The number of nitrogens with zero attached hydrogens (tertiary/aromatic N) is 2. The van der Waals surface area contributed by atoms with E-state index in [-0.39, 0.29) is 0 Å². The lowest BCUT2D eigenvalue weighted by Crippen LogP contribution is -2.38. The van der Waals surface area contributed by atoms with E-state index in [0.717, 1.165) is 12.6 Å². The topological polar surface area (TPSA) is 42.2 Å². The molecule has 1 saturated heterocycles. The molecule has 0 aliphatic carbocycles. The summed E-state index contributed by atoms with van der Waals surface area (Å²) in [6, 6.07) is 0.780. The first-order valence-corrected chi connectivity index (χ1v) is 7.05. The normalized spacial score (nSPS) is 22.4. The van der Waals surface area contributed by atoms with Crippen LogP contribution in [-0.2, 0) is 6.54 Å². The van der Waals surface area contributed by atoms with Crippen molar-refractivity contribution in [2.45, 2.75) is 51.6 Å². The molecule has 3 nitrogen and oxygen atoms in total. The van der Waals surface area contributed by atoms with Crippen molar-refractivity contribution in [3.05, 3.63) is 11.1 Å². The van der Waals surface area contributed by atoms with Gasteiger partial charge in [-0.05, 0) is 25.8 Å². The summed E-state index contributed by atoms with van der Waals surface area (Å²) in [5.74, 6) is 0. The summed E-state index contributed by atoms with van der Waals surface area (Å²) in [7, 11) is 0. The predicted octanol–water partition coefficient (Wildman–Crippen LogP) is 2.88. The molecule has 0 spiro atoms. The molecule has 1 aliphatic heterocycles. The number of hydrogen-bond acceptors (Lipinski definition) is 4. The molecular weight excluding hydrogens is 218 g/mol. The molecule has 1 aromatic rings. The molecule has 2 N–H and O–H groups in total. The van der Waals surface area contributed by atoms with Gasteiger partial charge in [0.1, 0.15) is 0 Å². The SMILES string of the molecule is CCCC1CCCCN1Cc1cnc(N)s1. The summed E-state index contributed by atoms with van der Waals surface area (Å²) in [5.41, 5.74) is 5.67. The van der Waals surface area contributed by atoms with Crippen molar-refractivity contribution in [1.29, 1.82) is 0 Å². The van der Waals surface area contributed by atoms with Crippen LogP contribution in [0.3, 0.4) is 0 Å². The van der Waals surface area contributed by atoms with E-state index < -0.39 is 0 Å². The van der Waals surface area contributed by atoms with Gasteiger partial charge >= 0.3 is 0 Å². The van der Waals surface area contributed by atoms with Gasteiger partial charge in [0.05, 0.1) is 0 Å². The van der Waals surface area contributed by atoms with Crippen molar-refractivity contribution in [2.24, 2.45) is 0 Å². The van der Waals surface area contributed by atoms with Gasteiger partial charge in [-0.2, -0.15) is 0 Å². The van der Waals surface area contributed by atoms with E-state index >= 15 is 0 Å². The van der Waals surface area contributed by atoms with Crippen LogP contribution in [0.5, 0.6) is 0 Å². The molecule has 1 fully saturated rings. The average Bonchev–Trinajstić information content (AvgIpc) is 2.67. The summed E-state index contributed by atoms with van der Waals surface area (Å²) < 4.78 is 0. The Kier molecular flexibility index (Phi) is 4.18. The third kappa shape index (κ3) is 2.95. The zero-order valence-electron chi connectivity index (χ0n) is 9.98. The highest BCUT2D eigenvalue weighted by Crippen LogP contribution is 2.25. The highest BCUT2D eigenvalue weighted by Gasteiger charge is 2.21. The molecule has 1 atom stereocenters. The van der Waals surface area contributed by atoms with Crippen LogP contribution in [0.25, 0.3) is 0 Å². The Labute approximate surface area is 102 Å². The maximum absolute atomic E-state index is 5.67. The lowest BCUT2D eigenvalue weighted by atomic mass is 9.98. The zero-order chi connectivity index (χ0) is 11.4. The molecule has 2 heterocycles. The van der Waals surface area contributed by atoms with E-state index in [1.807, 2.05) is 6.20 Å². The maximum atomic E-state index is 5.67. The zero-order valence-corrected chi connectivity index (χ0v) is 10.8. The van der Waals surface area contributed by atoms with Crippen molar-refractivity contribution >= 4 is 16.5 Å². The molecule has 4 heteroatoms. The van der Waals surface area contributed by atoms with Crippen LogP contribution in [0.15, 0.2) is 6.20 Å². The highest BCUT2D eigenvalue weighted by atomic mass is 32.1. The summed E-state index contributed by atoms with van der Waals surface area (Å²) in [5, 5.41) is 0.694. The second-order valence-electron chi connectivity index (χ2n) is 4.57. The summed E-state index contributed by atoms with van der Waals surface area (Å²) in [4.78, 5) is 8.04. The number of anilines is 1. The van der Waals surface area contributed by atoms with Crippen LogP contribution in [0.2, 0.25) is 0 Å². The van der Waals surface area contributed by atoms with Crippen LogP contribution in [0.1, 0.15) is 43.9 Å². The standard InChI is InChI=1S/C12H21N3S/c1-2-5-10-6-3-4-7-15(10)9-11-8-14-12(13)16-11/h8,10H,2-7,9H2,1H3,(H2,13,14). The van der Waals surface area contributed by atoms with Gasteiger partial charge in [-0.25, -0.2) is 4.98 Å². The predicted molar refractivity (Wildman–Crippen MR) is 69.5 cm³/mol.